The van der Waals surface area contributed by atoms with Crippen molar-refractivity contribution in [2.45, 2.75) is 19.3 Å². The van der Waals surface area contributed by atoms with Crippen LogP contribution in [-0.2, 0) is 6.42 Å². The molecule has 0 saturated carbocycles. The molecule has 0 radical (unpaired) electrons. The maximum atomic E-state index is 5.91. The van der Waals surface area contributed by atoms with Gasteiger partial charge in [0.1, 0.15) is 0 Å². The summed E-state index contributed by atoms with van der Waals surface area (Å²) in [5.74, 6) is 0.407. The summed E-state index contributed by atoms with van der Waals surface area (Å²) in [6, 6.07) is 10.6. The largest absolute Gasteiger partial charge is 0.330 e. The number of aryl methyl sites for hydroxylation is 1. The molecule has 0 bridgehead atoms. The van der Waals surface area contributed by atoms with Crippen LogP contribution in [-0.4, -0.2) is 6.54 Å². The third-order valence-corrected chi connectivity index (χ3v) is 4.54. The van der Waals surface area contributed by atoms with Crippen LogP contribution in [0.2, 0.25) is 0 Å². The lowest BCUT2D eigenvalue weighted by molar-refractivity contribution is 0.699. The van der Waals surface area contributed by atoms with Crippen LogP contribution >= 0.6 is 27.3 Å². The molecule has 0 aliphatic heterocycles. The van der Waals surface area contributed by atoms with Gasteiger partial charge >= 0.3 is 0 Å². The molecule has 0 spiro atoms. The molecule has 1 heterocycles. The third kappa shape index (κ3) is 3.18. The van der Waals surface area contributed by atoms with E-state index in [0.29, 0.717) is 12.5 Å². The molecule has 1 unspecified atom stereocenters. The summed E-state index contributed by atoms with van der Waals surface area (Å²) in [6.07, 6.45) is 1.04. The average molecular weight is 310 g/mol. The van der Waals surface area contributed by atoms with Gasteiger partial charge in [0.05, 0.1) is 0 Å². The first-order valence-corrected chi connectivity index (χ1v) is 7.36. The molecule has 2 rings (SSSR count). The van der Waals surface area contributed by atoms with Crippen molar-refractivity contribution in [1.29, 1.82) is 0 Å². The van der Waals surface area contributed by atoms with Crippen molar-refractivity contribution in [1.82, 2.24) is 0 Å². The Morgan fingerprint density at radius 1 is 1.35 bits per heavy atom. The van der Waals surface area contributed by atoms with E-state index in [-0.39, 0.29) is 0 Å². The summed E-state index contributed by atoms with van der Waals surface area (Å²) in [7, 11) is 0. The first-order chi connectivity index (χ1) is 8.20. The lowest BCUT2D eigenvalue weighted by Gasteiger charge is -2.15. The van der Waals surface area contributed by atoms with Gasteiger partial charge < -0.3 is 5.73 Å². The van der Waals surface area contributed by atoms with E-state index < -0.39 is 0 Å². The zero-order valence-electron chi connectivity index (χ0n) is 9.82. The Morgan fingerprint density at radius 2 is 2.18 bits per heavy atom. The van der Waals surface area contributed by atoms with Gasteiger partial charge in [0.25, 0.3) is 0 Å². The summed E-state index contributed by atoms with van der Waals surface area (Å²) in [5.41, 5.74) is 8.60. The second-order valence-electron chi connectivity index (χ2n) is 4.22. The summed E-state index contributed by atoms with van der Waals surface area (Å²) in [4.78, 5) is 1.44. The second kappa shape index (κ2) is 5.80. The lowest BCUT2D eigenvalue weighted by Crippen LogP contribution is -2.14. The van der Waals surface area contributed by atoms with E-state index in [4.69, 9.17) is 5.73 Å². The Kier molecular flexibility index (Phi) is 4.37. The monoisotopic (exact) mass is 309 g/mol. The van der Waals surface area contributed by atoms with Gasteiger partial charge in [0, 0.05) is 15.3 Å². The minimum atomic E-state index is 0.407. The molecule has 1 atom stereocenters. The highest BCUT2D eigenvalue weighted by Gasteiger charge is 2.13. The minimum absolute atomic E-state index is 0.407. The Balaban J connectivity index is 2.20. The molecule has 0 amide bonds. The molecule has 1 aromatic carbocycles. The van der Waals surface area contributed by atoms with E-state index in [0.717, 1.165) is 10.9 Å². The molecule has 2 aromatic rings. The van der Waals surface area contributed by atoms with Crippen molar-refractivity contribution in [2.75, 3.05) is 6.54 Å². The summed E-state index contributed by atoms with van der Waals surface area (Å²) in [6.45, 7) is 2.86. The van der Waals surface area contributed by atoms with E-state index in [1.54, 1.807) is 0 Å². The molecule has 1 nitrogen and oxygen atoms in total. The van der Waals surface area contributed by atoms with Crippen molar-refractivity contribution >= 4 is 27.3 Å². The Bertz CT molecular complexity index is 492. The first kappa shape index (κ1) is 12.8. The van der Waals surface area contributed by atoms with Crippen LogP contribution in [0.15, 0.2) is 40.2 Å². The molecule has 0 aliphatic rings. The average Bonchev–Trinajstić information content (AvgIpc) is 2.71. The van der Waals surface area contributed by atoms with E-state index in [1.165, 1.54) is 16.0 Å². The smallest absolute Gasteiger partial charge is 0.0178 e. The van der Waals surface area contributed by atoms with Crippen LogP contribution in [0.25, 0.3) is 0 Å². The summed E-state index contributed by atoms with van der Waals surface area (Å²) < 4.78 is 1.12. The molecule has 90 valence electrons. The molecular weight excluding hydrogens is 294 g/mol. The number of hydrogen-bond donors (Lipinski definition) is 1. The van der Waals surface area contributed by atoms with Crippen LogP contribution in [0.5, 0.6) is 0 Å². The predicted octanol–water partition coefficient (Wildman–Crippen LogP) is 4.10. The highest BCUT2D eigenvalue weighted by Crippen LogP contribution is 2.26. The number of nitrogens with two attached hydrogens (primary N) is 1. The van der Waals surface area contributed by atoms with Crippen LogP contribution in [0, 0.1) is 6.92 Å². The van der Waals surface area contributed by atoms with Gasteiger partial charge in [-0.3, -0.25) is 0 Å². The van der Waals surface area contributed by atoms with Gasteiger partial charge in [-0.2, -0.15) is 0 Å². The summed E-state index contributed by atoms with van der Waals surface area (Å²) in [5, 5.41) is 2.15. The van der Waals surface area contributed by atoms with Crippen molar-refractivity contribution < 1.29 is 0 Å². The normalized spacial score (nSPS) is 12.6. The van der Waals surface area contributed by atoms with Crippen molar-refractivity contribution in [3.63, 3.8) is 0 Å². The van der Waals surface area contributed by atoms with Gasteiger partial charge in [-0.05, 0) is 54.6 Å². The fourth-order valence-electron chi connectivity index (χ4n) is 1.93. The molecule has 0 saturated heterocycles. The predicted molar refractivity (Wildman–Crippen MR) is 78.7 cm³/mol. The number of benzene rings is 1. The molecular formula is C14H16BrNS. The van der Waals surface area contributed by atoms with Gasteiger partial charge in [-0.15, -0.1) is 11.3 Å². The number of halogens is 1. The maximum absolute atomic E-state index is 5.91. The van der Waals surface area contributed by atoms with Gasteiger partial charge in [0.15, 0.2) is 0 Å². The van der Waals surface area contributed by atoms with Gasteiger partial charge in [-0.25, -0.2) is 0 Å². The SMILES string of the molecule is Cc1ccsc1CC(CN)c1cccc(Br)c1. The van der Waals surface area contributed by atoms with Crippen LogP contribution in [0.1, 0.15) is 21.9 Å². The van der Waals surface area contributed by atoms with Crippen molar-refractivity contribution in [3.8, 4) is 0 Å². The molecule has 17 heavy (non-hydrogen) atoms. The second-order valence-corrected chi connectivity index (χ2v) is 6.13. The van der Waals surface area contributed by atoms with Gasteiger partial charge in [0.2, 0.25) is 0 Å². The van der Waals surface area contributed by atoms with Crippen LogP contribution < -0.4 is 5.73 Å². The van der Waals surface area contributed by atoms with Gasteiger partial charge in [-0.1, -0.05) is 28.1 Å². The van der Waals surface area contributed by atoms with E-state index >= 15 is 0 Å². The van der Waals surface area contributed by atoms with Crippen molar-refractivity contribution in [3.05, 3.63) is 56.2 Å². The molecule has 0 aliphatic carbocycles. The zero-order valence-corrected chi connectivity index (χ0v) is 12.2. The Labute approximate surface area is 115 Å². The summed E-state index contributed by atoms with van der Waals surface area (Å²) >= 11 is 5.34. The highest BCUT2D eigenvalue weighted by atomic mass is 79.9. The zero-order chi connectivity index (χ0) is 12.3. The maximum Gasteiger partial charge on any atom is 0.0178 e. The Morgan fingerprint density at radius 3 is 2.76 bits per heavy atom. The molecule has 1 aromatic heterocycles. The van der Waals surface area contributed by atoms with E-state index in [2.05, 4.69) is 52.5 Å². The van der Waals surface area contributed by atoms with E-state index in [1.807, 2.05) is 17.4 Å². The molecule has 3 heteroatoms. The number of thiophene rings is 1. The fraction of sp³-hybridized carbons (Fsp3) is 0.286. The standard InChI is InChI=1S/C14H16BrNS/c1-10-5-6-17-14(10)8-12(9-16)11-3-2-4-13(15)7-11/h2-7,12H,8-9,16H2,1H3. The quantitative estimate of drug-likeness (QED) is 0.904. The highest BCUT2D eigenvalue weighted by molar-refractivity contribution is 9.10. The van der Waals surface area contributed by atoms with Crippen LogP contribution in [0.4, 0.5) is 0 Å². The van der Waals surface area contributed by atoms with Crippen molar-refractivity contribution in [2.24, 2.45) is 5.73 Å². The number of rotatable bonds is 4. The first-order valence-electron chi connectivity index (χ1n) is 5.69. The Hall–Kier alpha value is -0.640. The minimum Gasteiger partial charge on any atom is -0.330 e. The topological polar surface area (TPSA) is 26.0 Å². The fourth-order valence-corrected chi connectivity index (χ4v) is 3.34. The van der Waals surface area contributed by atoms with E-state index in [9.17, 15) is 0 Å². The van der Waals surface area contributed by atoms with Crippen LogP contribution in [0.3, 0.4) is 0 Å². The third-order valence-electron chi connectivity index (χ3n) is 3.00. The lowest BCUT2D eigenvalue weighted by atomic mass is 9.94. The number of hydrogen-bond acceptors (Lipinski definition) is 2. The molecule has 0 fully saturated rings. The molecule has 2 N–H and O–H groups in total.